The fourth-order valence-electron chi connectivity index (χ4n) is 1.38. The summed E-state index contributed by atoms with van der Waals surface area (Å²) in [6.07, 6.45) is 0.633. The number of halogens is 2. The van der Waals surface area contributed by atoms with Gasteiger partial charge in [-0.3, -0.25) is 0 Å². The van der Waals surface area contributed by atoms with E-state index in [1.165, 1.54) is 7.11 Å². The first-order valence-electron chi connectivity index (χ1n) is 5.01. The fourth-order valence-corrected chi connectivity index (χ4v) is 1.47. The van der Waals surface area contributed by atoms with Gasteiger partial charge in [0.15, 0.2) is 11.6 Å². The molecule has 1 aromatic rings. The van der Waals surface area contributed by atoms with Crippen LogP contribution in [0.25, 0.3) is 0 Å². The van der Waals surface area contributed by atoms with Crippen LogP contribution in [0.2, 0.25) is 0 Å². The summed E-state index contributed by atoms with van der Waals surface area (Å²) in [5.41, 5.74) is 0.661. The second-order valence-corrected chi connectivity index (χ2v) is 4.48. The lowest BCUT2D eigenvalue weighted by Crippen LogP contribution is -2.11. The zero-order chi connectivity index (χ0) is 11.4. The Morgan fingerprint density at radius 2 is 2.07 bits per heavy atom. The minimum absolute atomic E-state index is 0.0376. The maximum Gasteiger partial charge on any atom is 0.168 e. The SMILES string of the molecule is COc1cccc(CC(C)C(C)Cl)c1F. The van der Waals surface area contributed by atoms with E-state index in [9.17, 15) is 4.39 Å². The quantitative estimate of drug-likeness (QED) is 0.718. The molecule has 0 aliphatic heterocycles. The van der Waals surface area contributed by atoms with Crippen LogP contribution in [0.5, 0.6) is 5.75 Å². The van der Waals surface area contributed by atoms with E-state index in [2.05, 4.69) is 0 Å². The number of hydrogen-bond acceptors (Lipinski definition) is 1. The molecule has 1 nitrogen and oxygen atoms in total. The van der Waals surface area contributed by atoms with E-state index in [1.807, 2.05) is 13.8 Å². The lowest BCUT2D eigenvalue weighted by Gasteiger charge is -2.15. The topological polar surface area (TPSA) is 9.23 Å². The van der Waals surface area contributed by atoms with Crippen LogP contribution >= 0.6 is 11.6 Å². The molecular formula is C12H16ClFO. The molecule has 0 fully saturated rings. The highest BCUT2D eigenvalue weighted by molar-refractivity contribution is 6.20. The summed E-state index contributed by atoms with van der Waals surface area (Å²) in [7, 11) is 1.47. The predicted molar refractivity (Wildman–Crippen MR) is 61.1 cm³/mol. The van der Waals surface area contributed by atoms with Crippen molar-refractivity contribution in [2.75, 3.05) is 7.11 Å². The Morgan fingerprint density at radius 1 is 1.40 bits per heavy atom. The number of rotatable bonds is 4. The average molecular weight is 231 g/mol. The van der Waals surface area contributed by atoms with Gasteiger partial charge in [-0.2, -0.15) is 0 Å². The van der Waals surface area contributed by atoms with Crippen molar-refractivity contribution < 1.29 is 9.13 Å². The summed E-state index contributed by atoms with van der Waals surface area (Å²) >= 11 is 5.95. The molecule has 2 unspecified atom stereocenters. The predicted octanol–water partition coefficient (Wildman–Crippen LogP) is 3.64. The molecule has 2 atom stereocenters. The van der Waals surface area contributed by atoms with Crippen LogP contribution in [0.3, 0.4) is 0 Å². The van der Waals surface area contributed by atoms with Crippen molar-refractivity contribution in [1.29, 1.82) is 0 Å². The van der Waals surface area contributed by atoms with Crippen LogP contribution in [-0.2, 0) is 6.42 Å². The van der Waals surface area contributed by atoms with Crippen LogP contribution in [0.4, 0.5) is 4.39 Å². The largest absolute Gasteiger partial charge is 0.494 e. The van der Waals surface area contributed by atoms with Crippen molar-refractivity contribution >= 4 is 11.6 Å². The smallest absolute Gasteiger partial charge is 0.168 e. The Balaban J connectivity index is 2.86. The maximum absolute atomic E-state index is 13.7. The highest BCUT2D eigenvalue weighted by Gasteiger charge is 2.14. The van der Waals surface area contributed by atoms with E-state index >= 15 is 0 Å². The summed E-state index contributed by atoms with van der Waals surface area (Å²) in [6.45, 7) is 3.93. The Bertz CT molecular complexity index is 325. The van der Waals surface area contributed by atoms with Crippen molar-refractivity contribution in [1.82, 2.24) is 0 Å². The lowest BCUT2D eigenvalue weighted by atomic mass is 9.98. The molecule has 0 heterocycles. The standard InChI is InChI=1S/C12H16ClFO/c1-8(9(2)13)7-10-5-4-6-11(15-3)12(10)14/h4-6,8-9H,7H2,1-3H3. The molecule has 0 aliphatic carbocycles. The van der Waals surface area contributed by atoms with Gasteiger partial charge in [-0.05, 0) is 30.9 Å². The fraction of sp³-hybridized carbons (Fsp3) is 0.500. The van der Waals surface area contributed by atoms with Crippen molar-refractivity contribution in [3.63, 3.8) is 0 Å². The average Bonchev–Trinajstić information content (AvgIpc) is 2.21. The van der Waals surface area contributed by atoms with Gasteiger partial charge in [0.2, 0.25) is 0 Å². The first kappa shape index (κ1) is 12.3. The summed E-state index contributed by atoms with van der Waals surface area (Å²) in [5, 5.41) is 0.0376. The molecule has 0 N–H and O–H groups in total. The third-order valence-corrected chi connectivity index (χ3v) is 3.02. The third-order valence-electron chi connectivity index (χ3n) is 2.59. The Labute approximate surface area is 95.2 Å². The molecule has 1 rings (SSSR count). The first-order chi connectivity index (χ1) is 7.06. The van der Waals surface area contributed by atoms with Gasteiger partial charge in [0, 0.05) is 5.38 Å². The van der Waals surface area contributed by atoms with Gasteiger partial charge in [-0.15, -0.1) is 11.6 Å². The molecule has 84 valence electrons. The number of hydrogen-bond donors (Lipinski definition) is 0. The van der Waals surface area contributed by atoms with E-state index in [-0.39, 0.29) is 17.1 Å². The highest BCUT2D eigenvalue weighted by Crippen LogP contribution is 2.24. The van der Waals surface area contributed by atoms with Crippen LogP contribution < -0.4 is 4.74 Å². The molecular weight excluding hydrogens is 215 g/mol. The van der Waals surface area contributed by atoms with Crippen molar-refractivity contribution in [2.24, 2.45) is 5.92 Å². The third kappa shape index (κ3) is 3.10. The summed E-state index contributed by atoms with van der Waals surface area (Å²) in [6, 6.07) is 5.18. The van der Waals surface area contributed by atoms with E-state index in [4.69, 9.17) is 16.3 Å². The van der Waals surface area contributed by atoms with Gasteiger partial charge in [0.05, 0.1) is 7.11 Å². The molecule has 0 saturated heterocycles. The molecule has 15 heavy (non-hydrogen) atoms. The van der Waals surface area contributed by atoms with Crippen LogP contribution in [-0.4, -0.2) is 12.5 Å². The molecule has 0 amide bonds. The maximum atomic E-state index is 13.7. The normalized spacial score (nSPS) is 14.7. The van der Waals surface area contributed by atoms with Crippen molar-refractivity contribution in [2.45, 2.75) is 25.6 Å². The van der Waals surface area contributed by atoms with Crippen molar-refractivity contribution in [3.05, 3.63) is 29.6 Å². The van der Waals surface area contributed by atoms with E-state index in [0.717, 1.165) is 0 Å². The highest BCUT2D eigenvalue weighted by atomic mass is 35.5. The van der Waals surface area contributed by atoms with Crippen LogP contribution in [0.15, 0.2) is 18.2 Å². The monoisotopic (exact) mass is 230 g/mol. The second kappa shape index (κ2) is 5.36. The lowest BCUT2D eigenvalue weighted by molar-refractivity contribution is 0.382. The minimum Gasteiger partial charge on any atom is -0.494 e. The van der Waals surface area contributed by atoms with Gasteiger partial charge in [0.25, 0.3) is 0 Å². The molecule has 0 spiro atoms. The molecule has 0 saturated carbocycles. The Kier molecular flexibility index (Phi) is 4.40. The molecule has 1 aromatic carbocycles. The van der Waals surface area contributed by atoms with Gasteiger partial charge < -0.3 is 4.74 Å². The minimum atomic E-state index is -0.274. The number of alkyl halides is 1. The van der Waals surface area contributed by atoms with E-state index < -0.39 is 0 Å². The van der Waals surface area contributed by atoms with E-state index in [1.54, 1.807) is 18.2 Å². The second-order valence-electron chi connectivity index (χ2n) is 3.79. The summed E-state index contributed by atoms with van der Waals surface area (Å²) in [4.78, 5) is 0. The molecule has 0 aliphatic rings. The van der Waals surface area contributed by atoms with Gasteiger partial charge >= 0.3 is 0 Å². The zero-order valence-electron chi connectivity index (χ0n) is 9.26. The van der Waals surface area contributed by atoms with E-state index in [0.29, 0.717) is 17.7 Å². The van der Waals surface area contributed by atoms with Gasteiger partial charge in [-0.25, -0.2) is 4.39 Å². The summed E-state index contributed by atoms with van der Waals surface area (Å²) in [5.74, 6) is 0.263. The van der Waals surface area contributed by atoms with Crippen LogP contribution in [0, 0.1) is 11.7 Å². The number of methoxy groups -OCH3 is 1. The Morgan fingerprint density at radius 3 is 2.60 bits per heavy atom. The Hall–Kier alpha value is -0.760. The zero-order valence-corrected chi connectivity index (χ0v) is 10.0. The summed E-state index contributed by atoms with van der Waals surface area (Å²) < 4.78 is 18.6. The van der Waals surface area contributed by atoms with Gasteiger partial charge in [0.1, 0.15) is 0 Å². The number of benzene rings is 1. The van der Waals surface area contributed by atoms with Gasteiger partial charge in [-0.1, -0.05) is 19.1 Å². The molecule has 0 aromatic heterocycles. The molecule has 3 heteroatoms. The first-order valence-corrected chi connectivity index (χ1v) is 5.45. The molecule has 0 radical (unpaired) electrons. The number of ether oxygens (including phenoxy) is 1. The molecule has 0 bridgehead atoms. The van der Waals surface area contributed by atoms with Crippen LogP contribution in [0.1, 0.15) is 19.4 Å². The van der Waals surface area contributed by atoms with Crippen molar-refractivity contribution in [3.8, 4) is 5.75 Å².